The highest BCUT2D eigenvalue weighted by atomic mass is 32.2. The first kappa shape index (κ1) is 22.0. The van der Waals surface area contributed by atoms with Crippen LogP contribution in [0.4, 0.5) is 0 Å². The number of rotatable bonds is 7. The van der Waals surface area contributed by atoms with Crippen LogP contribution in [0.2, 0.25) is 0 Å². The Morgan fingerprint density at radius 2 is 1.83 bits per heavy atom. The average Bonchev–Trinajstić information content (AvgIpc) is 3.44. The maximum Gasteiger partial charge on any atom is 0.0871 e. The molecular formula is C26H38N2OS. The van der Waals surface area contributed by atoms with Gasteiger partial charge in [-0.3, -0.25) is 5.14 Å². The van der Waals surface area contributed by atoms with Crippen LogP contribution in [0.25, 0.3) is 11.3 Å². The van der Waals surface area contributed by atoms with Gasteiger partial charge in [0.25, 0.3) is 0 Å². The van der Waals surface area contributed by atoms with Crippen molar-refractivity contribution in [3.8, 4) is 11.3 Å². The number of nitrogens with two attached hydrogens (primary N) is 1. The summed E-state index contributed by atoms with van der Waals surface area (Å²) in [6.45, 7) is 10.1. The fourth-order valence-electron chi connectivity index (χ4n) is 4.91. The van der Waals surface area contributed by atoms with Crippen molar-refractivity contribution < 1.29 is 4.74 Å². The predicted octanol–water partition coefficient (Wildman–Crippen LogP) is 6.94. The van der Waals surface area contributed by atoms with Gasteiger partial charge in [0.05, 0.1) is 5.60 Å². The fraction of sp³-hybridized carbons (Fsp3) is 0.615. The normalized spacial score (nSPS) is 19.3. The summed E-state index contributed by atoms with van der Waals surface area (Å²) >= 11 is 1.38. The molecule has 30 heavy (non-hydrogen) atoms. The van der Waals surface area contributed by atoms with Gasteiger partial charge in [0.1, 0.15) is 0 Å². The van der Waals surface area contributed by atoms with Gasteiger partial charge in [-0.2, -0.15) is 0 Å². The van der Waals surface area contributed by atoms with Gasteiger partial charge in [0.15, 0.2) is 0 Å². The van der Waals surface area contributed by atoms with Crippen molar-refractivity contribution in [3.63, 3.8) is 0 Å². The Balaban J connectivity index is 1.81. The van der Waals surface area contributed by atoms with E-state index in [1.54, 1.807) is 0 Å². The number of hydrogen-bond donors (Lipinski definition) is 1. The summed E-state index contributed by atoms with van der Waals surface area (Å²) in [6.07, 6.45) is 9.39. The quantitative estimate of drug-likeness (QED) is 0.487. The van der Waals surface area contributed by atoms with E-state index in [-0.39, 0.29) is 5.60 Å². The van der Waals surface area contributed by atoms with E-state index in [1.807, 2.05) is 7.11 Å². The van der Waals surface area contributed by atoms with E-state index >= 15 is 0 Å². The molecule has 2 fully saturated rings. The van der Waals surface area contributed by atoms with Crippen molar-refractivity contribution in [2.24, 2.45) is 11.1 Å². The molecule has 2 saturated carbocycles. The lowest BCUT2D eigenvalue weighted by atomic mass is 9.87. The van der Waals surface area contributed by atoms with Gasteiger partial charge in [0, 0.05) is 29.9 Å². The number of benzene rings is 1. The van der Waals surface area contributed by atoms with Crippen molar-refractivity contribution in [2.75, 3.05) is 7.11 Å². The van der Waals surface area contributed by atoms with Gasteiger partial charge in [-0.15, -0.1) is 0 Å². The third kappa shape index (κ3) is 4.24. The number of nitrogens with zero attached hydrogens (tertiary/aromatic N) is 1. The van der Waals surface area contributed by atoms with Crippen molar-refractivity contribution >= 4 is 11.9 Å². The van der Waals surface area contributed by atoms with Crippen LogP contribution < -0.4 is 5.14 Å². The highest BCUT2D eigenvalue weighted by molar-refractivity contribution is 7.97. The number of hydrogen-bond acceptors (Lipinski definition) is 3. The topological polar surface area (TPSA) is 40.2 Å². The second-order valence-corrected chi connectivity index (χ2v) is 11.0. The lowest BCUT2D eigenvalue weighted by molar-refractivity contribution is 0.0192. The number of aromatic nitrogens is 1. The Bertz CT molecular complexity index is 904. The molecule has 0 radical (unpaired) electrons. The van der Waals surface area contributed by atoms with E-state index in [9.17, 15) is 0 Å². The van der Waals surface area contributed by atoms with Gasteiger partial charge in [-0.25, -0.2) is 0 Å². The zero-order valence-corrected chi connectivity index (χ0v) is 20.2. The molecule has 3 nitrogen and oxygen atoms in total. The third-order valence-electron chi connectivity index (χ3n) is 7.74. The maximum atomic E-state index is 6.06. The Labute approximate surface area is 186 Å². The minimum absolute atomic E-state index is 0.308. The summed E-state index contributed by atoms with van der Waals surface area (Å²) in [5.74, 6) is 0.776. The van der Waals surface area contributed by atoms with Crippen molar-refractivity contribution in [1.82, 2.24) is 4.57 Å². The number of methoxy groups -OCH3 is 1. The van der Waals surface area contributed by atoms with Crippen LogP contribution in [-0.4, -0.2) is 11.7 Å². The third-order valence-corrected chi connectivity index (χ3v) is 8.41. The molecule has 2 aliphatic carbocycles. The zero-order chi connectivity index (χ0) is 21.5. The fourth-order valence-corrected chi connectivity index (χ4v) is 5.37. The van der Waals surface area contributed by atoms with Gasteiger partial charge in [-0.05, 0) is 105 Å². The van der Waals surface area contributed by atoms with Gasteiger partial charge in [-0.1, -0.05) is 32.3 Å². The Hall–Kier alpha value is -1.23. The van der Waals surface area contributed by atoms with Crippen LogP contribution in [0.5, 0.6) is 0 Å². The van der Waals surface area contributed by atoms with E-state index < -0.39 is 0 Å². The van der Waals surface area contributed by atoms with E-state index in [4.69, 9.17) is 9.88 Å². The molecule has 0 atom stereocenters. The first-order chi connectivity index (χ1) is 14.3. The summed E-state index contributed by atoms with van der Waals surface area (Å²) in [7, 11) is 1.81. The zero-order valence-electron chi connectivity index (χ0n) is 19.4. The molecule has 0 bridgehead atoms. The molecule has 1 aromatic heterocycles. The summed E-state index contributed by atoms with van der Waals surface area (Å²) < 4.78 is 8.42. The van der Waals surface area contributed by atoms with E-state index in [1.165, 1.54) is 89.9 Å². The highest BCUT2D eigenvalue weighted by Gasteiger charge is 2.40. The predicted molar refractivity (Wildman–Crippen MR) is 128 cm³/mol. The van der Waals surface area contributed by atoms with Gasteiger partial charge in [0.2, 0.25) is 0 Å². The summed E-state index contributed by atoms with van der Waals surface area (Å²) in [4.78, 5) is 1.19. The summed E-state index contributed by atoms with van der Waals surface area (Å²) in [5.41, 5.74) is 6.64. The SMILES string of the molecule is COC(C)(C)c1cc(-c2cc(SN)c(C)n2CC2CCCCC2)cc(C2(C)CC2)c1. The molecule has 0 aliphatic heterocycles. The van der Waals surface area contributed by atoms with Crippen molar-refractivity contribution in [2.45, 2.75) is 95.1 Å². The van der Waals surface area contributed by atoms with Crippen LogP contribution in [0.3, 0.4) is 0 Å². The maximum absolute atomic E-state index is 6.06. The smallest absolute Gasteiger partial charge is 0.0871 e. The largest absolute Gasteiger partial charge is 0.374 e. The Kier molecular flexibility index (Phi) is 6.13. The first-order valence-corrected chi connectivity index (χ1v) is 12.4. The van der Waals surface area contributed by atoms with Gasteiger partial charge < -0.3 is 9.30 Å². The van der Waals surface area contributed by atoms with Crippen molar-refractivity contribution in [1.29, 1.82) is 0 Å². The average molecular weight is 427 g/mol. The monoisotopic (exact) mass is 426 g/mol. The molecular weight excluding hydrogens is 388 g/mol. The lowest BCUT2D eigenvalue weighted by Gasteiger charge is -2.27. The summed E-state index contributed by atoms with van der Waals surface area (Å²) in [6, 6.07) is 9.45. The minimum Gasteiger partial charge on any atom is -0.374 e. The minimum atomic E-state index is -0.308. The van der Waals surface area contributed by atoms with Crippen LogP contribution in [0.15, 0.2) is 29.2 Å². The molecule has 0 amide bonds. The van der Waals surface area contributed by atoms with E-state index in [0.717, 1.165) is 12.5 Å². The lowest BCUT2D eigenvalue weighted by Crippen LogP contribution is -2.20. The molecule has 4 rings (SSSR count). The molecule has 0 saturated heterocycles. The molecule has 1 heterocycles. The standard InChI is InChI=1S/C26H38N2OS/c1-18-24(30-27)16-23(28(18)17-19-9-7-6-8-10-19)20-13-21(25(2,3)29-5)15-22(14-20)26(4)11-12-26/h13-16,19H,6-12,17,27H2,1-5H3. The molecule has 0 unspecified atom stereocenters. The van der Waals surface area contributed by atoms with Crippen LogP contribution in [0, 0.1) is 12.8 Å². The first-order valence-electron chi connectivity index (χ1n) is 11.6. The van der Waals surface area contributed by atoms with Gasteiger partial charge >= 0.3 is 0 Å². The van der Waals surface area contributed by atoms with Crippen LogP contribution >= 0.6 is 11.9 Å². The van der Waals surface area contributed by atoms with Crippen LogP contribution in [-0.2, 0) is 22.3 Å². The second kappa shape index (κ2) is 8.37. The molecule has 4 heteroatoms. The van der Waals surface area contributed by atoms with E-state index in [2.05, 4.69) is 56.5 Å². The molecule has 1 aromatic carbocycles. The van der Waals surface area contributed by atoms with Crippen molar-refractivity contribution in [3.05, 3.63) is 41.1 Å². The molecule has 2 N–H and O–H groups in total. The second-order valence-electron chi connectivity index (χ2n) is 10.3. The summed E-state index contributed by atoms with van der Waals surface area (Å²) in [5, 5.41) is 6.06. The highest BCUT2D eigenvalue weighted by Crippen LogP contribution is 2.49. The Morgan fingerprint density at radius 1 is 1.13 bits per heavy atom. The Morgan fingerprint density at radius 3 is 2.43 bits per heavy atom. The number of ether oxygens (including phenoxy) is 1. The molecule has 0 spiro atoms. The molecule has 2 aliphatic rings. The molecule has 2 aromatic rings. The van der Waals surface area contributed by atoms with Crippen LogP contribution in [0.1, 0.15) is 82.5 Å². The molecule has 164 valence electrons. The van der Waals surface area contributed by atoms with E-state index in [0.29, 0.717) is 5.41 Å².